The van der Waals surface area contributed by atoms with Gasteiger partial charge in [0.25, 0.3) is 5.91 Å². The monoisotopic (exact) mass is 511 g/mol. The first-order valence-electron chi connectivity index (χ1n) is 12.7. The predicted octanol–water partition coefficient (Wildman–Crippen LogP) is 4.97. The van der Waals surface area contributed by atoms with Gasteiger partial charge in [-0.2, -0.15) is 0 Å². The number of hydrogen-bond donors (Lipinski definition) is 2. The molecule has 2 saturated heterocycles. The van der Waals surface area contributed by atoms with E-state index in [1.165, 1.54) is 0 Å². The van der Waals surface area contributed by atoms with Crippen LogP contribution in [0.3, 0.4) is 0 Å². The molecule has 0 radical (unpaired) electrons. The van der Waals surface area contributed by atoms with E-state index in [0.29, 0.717) is 28.4 Å². The molecule has 2 fully saturated rings. The number of carbonyl (C=O) groups excluding carboxylic acids is 3. The second-order valence-electron chi connectivity index (χ2n) is 10.7. The number of rotatable bonds is 2. The zero-order valence-electron chi connectivity index (χ0n) is 20.6. The van der Waals surface area contributed by atoms with Gasteiger partial charge in [0.1, 0.15) is 11.0 Å². The van der Waals surface area contributed by atoms with Crippen LogP contribution in [0.25, 0.3) is 0 Å². The molecule has 0 aromatic heterocycles. The number of ketones is 1. The molecule has 4 unspecified atom stereocenters. The van der Waals surface area contributed by atoms with Crippen LogP contribution in [0.4, 0.5) is 11.4 Å². The van der Waals surface area contributed by atoms with Crippen molar-refractivity contribution in [3.05, 3.63) is 93.5 Å². The lowest BCUT2D eigenvalue weighted by Crippen LogP contribution is -2.62. The molecule has 7 heteroatoms. The summed E-state index contributed by atoms with van der Waals surface area (Å²) in [6.45, 7) is 4.62. The number of aryl methyl sites for hydroxylation is 2. The van der Waals surface area contributed by atoms with Crippen molar-refractivity contribution in [3.63, 3.8) is 0 Å². The van der Waals surface area contributed by atoms with Gasteiger partial charge in [0, 0.05) is 33.6 Å². The molecule has 3 aromatic rings. The van der Waals surface area contributed by atoms with Crippen molar-refractivity contribution in [2.45, 2.75) is 43.7 Å². The summed E-state index contributed by atoms with van der Waals surface area (Å²) in [5.41, 5.74) is 2.59. The predicted molar refractivity (Wildman–Crippen MR) is 142 cm³/mol. The average molecular weight is 512 g/mol. The number of benzene rings is 3. The first-order chi connectivity index (χ1) is 17.8. The maximum atomic E-state index is 14.5. The van der Waals surface area contributed by atoms with E-state index in [1.54, 1.807) is 24.3 Å². The number of anilines is 2. The van der Waals surface area contributed by atoms with Crippen LogP contribution in [0.5, 0.6) is 0 Å². The number of para-hydroxylation sites is 1. The molecule has 4 atom stereocenters. The molecule has 3 aromatic carbocycles. The van der Waals surface area contributed by atoms with Gasteiger partial charge < -0.3 is 10.6 Å². The number of nitrogens with one attached hydrogen (secondary N) is 2. The Hall–Kier alpha value is -3.48. The second-order valence-corrected chi connectivity index (χ2v) is 11.2. The largest absolute Gasteiger partial charge is 0.325 e. The molecule has 0 aliphatic carbocycles. The Labute approximate surface area is 220 Å². The number of Topliss-reactive ketones (excluding diaryl/α,β-unsaturated/α-hetero) is 1. The topological polar surface area (TPSA) is 78.5 Å². The van der Waals surface area contributed by atoms with Crippen LogP contribution in [0.1, 0.15) is 45.5 Å². The molecule has 0 saturated carbocycles. The van der Waals surface area contributed by atoms with Crippen LogP contribution >= 0.6 is 11.6 Å². The third kappa shape index (κ3) is 2.57. The highest BCUT2D eigenvalue weighted by atomic mass is 35.5. The lowest BCUT2D eigenvalue weighted by atomic mass is 9.57. The summed E-state index contributed by atoms with van der Waals surface area (Å²) in [4.78, 5) is 45.7. The van der Waals surface area contributed by atoms with Crippen molar-refractivity contribution < 1.29 is 14.4 Å². The van der Waals surface area contributed by atoms with Crippen LogP contribution in [0.15, 0.2) is 60.7 Å². The van der Waals surface area contributed by atoms with E-state index < -0.39 is 16.9 Å². The Morgan fingerprint density at radius 1 is 0.973 bits per heavy atom. The number of hydrogen-bond acceptors (Lipinski definition) is 4. The molecule has 6 nitrogen and oxygen atoms in total. The molecule has 4 aliphatic heterocycles. The Morgan fingerprint density at radius 3 is 2.51 bits per heavy atom. The third-order valence-corrected chi connectivity index (χ3v) is 9.21. The van der Waals surface area contributed by atoms with Crippen LogP contribution in [0.2, 0.25) is 5.02 Å². The summed E-state index contributed by atoms with van der Waals surface area (Å²) in [6, 6.07) is 18.2. The van der Waals surface area contributed by atoms with Crippen molar-refractivity contribution in [3.8, 4) is 0 Å². The van der Waals surface area contributed by atoms with Gasteiger partial charge in [-0.05, 0) is 74.7 Å². The lowest BCUT2D eigenvalue weighted by molar-refractivity contribution is -0.137. The quantitative estimate of drug-likeness (QED) is 0.476. The maximum absolute atomic E-state index is 14.5. The molecule has 7 rings (SSSR count). The van der Waals surface area contributed by atoms with E-state index in [-0.39, 0.29) is 23.6 Å². The van der Waals surface area contributed by atoms with Gasteiger partial charge in [-0.3, -0.25) is 19.3 Å². The average Bonchev–Trinajstić information content (AvgIpc) is 3.59. The van der Waals surface area contributed by atoms with Crippen molar-refractivity contribution in [1.82, 2.24) is 4.90 Å². The molecule has 2 spiro atoms. The van der Waals surface area contributed by atoms with E-state index >= 15 is 0 Å². The van der Waals surface area contributed by atoms with Gasteiger partial charge >= 0.3 is 0 Å². The molecule has 4 heterocycles. The maximum Gasteiger partial charge on any atom is 0.251 e. The molecular weight excluding hydrogens is 486 g/mol. The highest BCUT2D eigenvalue weighted by molar-refractivity contribution is 6.30. The standard InChI is InChI=1S/C30H26ClN3O3/c1-16-14-17(2)25-21(15-16)30(28(37)33-25)29(20-6-3-4-7-22(20)32-27(29)36)24(23-8-5-13-34(23)30)26(35)18-9-11-19(31)12-10-18/h3-4,6-7,9-12,14-15,23-24H,5,8,13H2,1-2H3,(H,32,36)(H,33,37). The fraction of sp³-hybridized carbons (Fsp3) is 0.300. The summed E-state index contributed by atoms with van der Waals surface area (Å²) in [5.74, 6) is -1.42. The normalized spacial score (nSPS) is 29.4. The summed E-state index contributed by atoms with van der Waals surface area (Å²) >= 11 is 6.14. The van der Waals surface area contributed by atoms with Gasteiger partial charge in [0.15, 0.2) is 5.78 Å². The van der Waals surface area contributed by atoms with E-state index in [4.69, 9.17) is 11.6 Å². The minimum atomic E-state index is -1.43. The molecule has 0 bridgehead atoms. The van der Waals surface area contributed by atoms with Gasteiger partial charge in [0.05, 0.1) is 5.92 Å². The summed E-state index contributed by atoms with van der Waals surface area (Å²) in [5, 5.41) is 6.77. The molecule has 2 N–H and O–H groups in total. The second kappa shape index (κ2) is 7.53. The molecule has 186 valence electrons. The van der Waals surface area contributed by atoms with E-state index in [1.807, 2.05) is 50.2 Å². The first-order valence-corrected chi connectivity index (χ1v) is 13.1. The first kappa shape index (κ1) is 22.7. The lowest BCUT2D eigenvalue weighted by Gasteiger charge is -2.43. The van der Waals surface area contributed by atoms with Crippen LogP contribution < -0.4 is 10.6 Å². The molecule has 2 amide bonds. The highest BCUT2D eigenvalue weighted by Gasteiger charge is 2.81. The van der Waals surface area contributed by atoms with Crippen LogP contribution in [-0.4, -0.2) is 35.1 Å². The third-order valence-electron chi connectivity index (χ3n) is 8.96. The summed E-state index contributed by atoms with van der Waals surface area (Å²) < 4.78 is 0. The number of halogens is 1. The van der Waals surface area contributed by atoms with Crippen LogP contribution in [-0.2, 0) is 20.5 Å². The minimum absolute atomic E-state index is 0.136. The van der Waals surface area contributed by atoms with Gasteiger partial charge in [-0.1, -0.05) is 47.5 Å². The van der Waals surface area contributed by atoms with Crippen molar-refractivity contribution >= 4 is 40.6 Å². The van der Waals surface area contributed by atoms with Gasteiger partial charge in [-0.15, -0.1) is 0 Å². The highest BCUT2D eigenvalue weighted by Crippen LogP contribution is 2.68. The van der Waals surface area contributed by atoms with Gasteiger partial charge in [-0.25, -0.2) is 0 Å². The Morgan fingerprint density at radius 2 is 1.73 bits per heavy atom. The van der Waals surface area contributed by atoms with E-state index in [2.05, 4.69) is 15.5 Å². The zero-order chi connectivity index (χ0) is 25.7. The number of fused-ring (bicyclic) bond motifs is 7. The zero-order valence-corrected chi connectivity index (χ0v) is 21.4. The minimum Gasteiger partial charge on any atom is -0.325 e. The number of carbonyl (C=O) groups is 3. The van der Waals surface area contributed by atoms with Crippen molar-refractivity contribution in [1.29, 1.82) is 0 Å². The summed E-state index contributed by atoms with van der Waals surface area (Å²) in [7, 11) is 0. The fourth-order valence-corrected chi connectivity index (χ4v) is 7.96. The Kier molecular flexibility index (Phi) is 4.62. The number of nitrogens with zero attached hydrogens (tertiary/aromatic N) is 1. The smallest absolute Gasteiger partial charge is 0.251 e. The Balaban J connectivity index is 1.60. The fourth-order valence-electron chi connectivity index (χ4n) is 7.83. The van der Waals surface area contributed by atoms with Crippen LogP contribution in [0, 0.1) is 19.8 Å². The molecule has 4 aliphatic rings. The summed E-state index contributed by atoms with van der Waals surface area (Å²) in [6.07, 6.45) is 1.58. The van der Waals surface area contributed by atoms with E-state index in [9.17, 15) is 14.4 Å². The molecular formula is C30H26ClN3O3. The van der Waals surface area contributed by atoms with E-state index in [0.717, 1.165) is 35.2 Å². The van der Waals surface area contributed by atoms with Crippen molar-refractivity contribution in [2.75, 3.05) is 17.2 Å². The molecule has 37 heavy (non-hydrogen) atoms. The Bertz CT molecular complexity index is 1530. The SMILES string of the molecule is Cc1cc(C)c2c(c1)C1(C(=O)N2)N2CCCC2C(C(=O)c2ccc(Cl)cc2)C12C(=O)Nc1ccccc12. The number of amides is 2. The van der Waals surface area contributed by atoms with Gasteiger partial charge in [0.2, 0.25) is 5.91 Å². The van der Waals surface area contributed by atoms with Crippen molar-refractivity contribution in [2.24, 2.45) is 5.92 Å².